The van der Waals surface area contributed by atoms with Crippen LogP contribution in [0.25, 0.3) is 0 Å². The van der Waals surface area contributed by atoms with Crippen LogP contribution in [-0.2, 0) is 16.5 Å². The fraction of sp³-hybridized carbons (Fsp3) is 0.538. The van der Waals surface area contributed by atoms with E-state index in [-0.39, 0.29) is 62.0 Å². The van der Waals surface area contributed by atoms with Crippen LogP contribution in [0.15, 0.2) is 47.4 Å². The van der Waals surface area contributed by atoms with Gasteiger partial charge in [-0.05, 0) is 36.6 Å². The van der Waals surface area contributed by atoms with Gasteiger partial charge in [0, 0.05) is 6.07 Å². The Kier molecular flexibility index (Phi) is 15.9. The third-order valence-corrected chi connectivity index (χ3v) is 6.52. The molecule has 7 heteroatoms. The van der Waals surface area contributed by atoms with Gasteiger partial charge in [-0.25, -0.2) is 0 Å². The first-order chi connectivity index (χ1) is 15.4. The summed E-state index contributed by atoms with van der Waals surface area (Å²) in [5, 5.41) is 11.6. The third-order valence-electron chi connectivity index (χ3n) is 5.67. The average molecular weight is 501 g/mol. The Morgan fingerprint density at radius 2 is 1.39 bits per heavy atom. The number of ether oxygens (including phenoxy) is 1. The van der Waals surface area contributed by atoms with E-state index in [9.17, 15) is 18.1 Å². The molecule has 0 fully saturated rings. The molecule has 2 rings (SSSR count). The summed E-state index contributed by atoms with van der Waals surface area (Å²) < 4.78 is 38.2. The van der Waals surface area contributed by atoms with Crippen molar-refractivity contribution in [1.82, 2.24) is 0 Å². The van der Waals surface area contributed by atoms with Crippen molar-refractivity contribution in [2.75, 3.05) is 0 Å². The quantitative estimate of drug-likeness (QED) is 0.213. The van der Waals surface area contributed by atoms with Crippen LogP contribution in [0.3, 0.4) is 0 Å². The molecule has 2 aromatic carbocycles. The van der Waals surface area contributed by atoms with E-state index >= 15 is 0 Å². The second kappa shape index (κ2) is 17.1. The molecule has 0 radical (unpaired) electrons. The first kappa shape index (κ1) is 30.6. The predicted molar refractivity (Wildman–Crippen MR) is 127 cm³/mol. The Morgan fingerprint density at radius 1 is 0.818 bits per heavy atom. The van der Waals surface area contributed by atoms with Crippen molar-refractivity contribution in [3.8, 4) is 17.2 Å². The van der Waals surface area contributed by atoms with Gasteiger partial charge in [-0.1, -0.05) is 95.8 Å². The first-order valence-corrected chi connectivity index (χ1v) is 13.4. The number of rotatable bonds is 16. The molecule has 0 saturated heterocycles. The van der Waals surface area contributed by atoms with E-state index in [1.54, 1.807) is 18.2 Å². The Balaban J connectivity index is 0.00000544. The molecule has 0 aromatic heterocycles. The molecule has 0 unspecified atom stereocenters. The van der Waals surface area contributed by atoms with Crippen LogP contribution in [0.5, 0.6) is 17.2 Å². The summed E-state index contributed by atoms with van der Waals surface area (Å²) in [4.78, 5) is -0.218. The Hall–Kier alpha value is -0.414. The van der Waals surface area contributed by atoms with Crippen molar-refractivity contribution < 1.29 is 74.2 Å². The van der Waals surface area contributed by atoms with E-state index < -0.39 is 10.1 Å². The van der Waals surface area contributed by atoms with Crippen LogP contribution < -0.4 is 61.2 Å². The minimum absolute atomic E-state index is 0. The zero-order chi connectivity index (χ0) is 23.2. The van der Waals surface area contributed by atoms with E-state index in [2.05, 4.69) is 6.92 Å². The predicted octanol–water partition coefficient (Wildman–Crippen LogP) is 4.05. The largest absolute Gasteiger partial charge is 1.00 e. The van der Waals surface area contributed by atoms with Crippen LogP contribution in [0, 0.1) is 0 Å². The van der Waals surface area contributed by atoms with Gasteiger partial charge in [-0.3, -0.25) is 4.55 Å². The van der Waals surface area contributed by atoms with Gasteiger partial charge in [0.2, 0.25) is 0 Å². The molecule has 0 heterocycles. The summed E-state index contributed by atoms with van der Waals surface area (Å²) >= 11 is 0. The number of hydrogen-bond acceptors (Lipinski definition) is 4. The van der Waals surface area contributed by atoms with Crippen molar-refractivity contribution in [2.45, 2.75) is 95.3 Å². The standard InChI is InChI=1S/C26H38O5S.K/c1-2-3-4-5-6-7-8-9-10-11-12-13-15-22-18-19-25(32(28,29)30)21-26(22)31-24-17-14-16-23(27)20-24;/h14,16-21,27H,2-13,15H2,1H3,(H,28,29,30);/q;+1/p-1. The number of aryl methyl sites for hydroxylation is 1. The van der Waals surface area contributed by atoms with E-state index in [1.165, 1.54) is 88.5 Å². The zero-order valence-electron chi connectivity index (χ0n) is 20.2. The minimum atomic E-state index is -4.33. The fourth-order valence-electron chi connectivity index (χ4n) is 3.82. The summed E-state index contributed by atoms with van der Waals surface area (Å²) in [6, 6.07) is 10.4. The first-order valence-electron chi connectivity index (χ1n) is 12.0. The molecule has 0 amide bonds. The molecule has 5 nitrogen and oxygen atoms in total. The van der Waals surface area contributed by atoms with Gasteiger partial charge in [0.25, 0.3) is 10.1 Å². The maximum atomic E-state index is 11.6. The summed E-state index contributed by atoms with van der Waals surface area (Å²) in [7, 11) is -4.33. The van der Waals surface area contributed by atoms with Gasteiger partial charge in [-0.2, -0.15) is 8.42 Å². The summed E-state index contributed by atoms with van der Waals surface area (Å²) in [6.07, 6.45) is 16.0. The van der Waals surface area contributed by atoms with E-state index in [1.807, 2.05) is 0 Å². The molecule has 0 atom stereocenters. The van der Waals surface area contributed by atoms with Gasteiger partial charge in [0.15, 0.2) is 0 Å². The number of hydrogen-bond donors (Lipinski definition) is 1. The van der Waals surface area contributed by atoms with Crippen molar-refractivity contribution in [1.29, 1.82) is 0 Å². The van der Waals surface area contributed by atoms with Crippen LogP contribution in [0.4, 0.5) is 0 Å². The number of unbranched alkanes of at least 4 members (excludes halogenated alkanes) is 11. The SMILES string of the molecule is CCCCCCCCCCCCCCc1ccc(S(=O)(=O)O)cc1Oc1cccc([O-])c1.[K+]. The minimum Gasteiger partial charge on any atom is -0.872 e. The second-order valence-electron chi connectivity index (χ2n) is 8.46. The van der Waals surface area contributed by atoms with Crippen LogP contribution in [0.2, 0.25) is 0 Å². The van der Waals surface area contributed by atoms with E-state index in [0.29, 0.717) is 11.5 Å². The average Bonchev–Trinajstić information content (AvgIpc) is 2.74. The maximum absolute atomic E-state index is 11.6. The topological polar surface area (TPSA) is 86.7 Å². The molecular weight excluding hydrogens is 463 g/mol. The molecule has 33 heavy (non-hydrogen) atoms. The van der Waals surface area contributed by atoms with Crippen LogP contribution in [-0.4, -0.2) is 13.0 Å². The van der Waals surface area contributed by atoms with E-state index in [0.717, 1.165) is 24.8 Å². The van der Waals surface area contributed by atoms with Crippen LogP contribution in [0.1, 0.15) is 89.5 Å². The fourth-order valence-corrected chi connectivity index (χ4v) is 4.31. The third kappa shape index (κ3) is 12.7. The molecular formula is C26H37KO5S. The molecule has 0 saturated carbocycles. The van der Waals surface area contributed by atoms with Gasteiger partial charge >= 0.3 is 51.4 Å². The number of benzene rings is 2. The van der Waals surface area contributed by atoms with Crippen molar-refractivity contribution in [3.05, 3.63) is 48.0 Å². The van der Waals surface area contributed by atoms with Crippen molar-refractivity contribution in [3.63, 3.8) is 0 Å². The Labute approximate surface area is 242 Å². The van der Waals surface area contributed by atoms with Gasteiger partial charge in [0.1, 0.15) is 11.5 Å². The van der Waals surface area contributed by atoms with Crippen molar-refractivity contribution in [2.24, 2.45) is 0 Å². The molecule has 178 valence electrons. The second-order valence-corrected chi connectivity index (χ2v) is 9.88. The molecule has 1 N–H and O–H groups in total. The molecule has 2 aromatic rings. The summed E-state index contributed by atoms with van der Waals surface area (Å²) in [5.74, 6) is 0.519. The molecule has 0 bridgehead atoms. The van der Waals surface area contributed by atoms with Crippen LogP contribution >= 0.6 is 0 Å². The summed E-state index contributed by atoms with van der Waals surface area (Å²) in [6.45, 7) is 2.25. The zero-order valence-corrected chi connectivity index (χ0v) is 24.2. The molecule has 0 spiro atoms. The molecule has 0 aliphatic rings. The Morgan fingerprint density at radius 3 is 1.94 bits per heavy atom. The normalized spacial score (nSPS) is 11.2. The van der Waals surface area contributed by atoms with Crippen molar-refractivity contribution >= 4 is 10.1 Å². The monoisotopic (exact) mass is 500 g/mol. The maximum Gasteiger partial charge on any atom is 1.00 e. The smallest absolute Gasteiger partial charge is 0.872 e. The van der Waals surface area contributed by atoms with E-state index in [4.69, 9.17) is 4.74 Å². The molecule has 0 aliphatic carbocycles. The molecule has 0 aliphatic heterocycles. The van der Waals surface area contributed by atoms with Gasteiger partial charge in [0.05, 0.1) is 4.90 Å². The Bertz CT molecular complexity index is 915. The van der Waals surface area contributed by atoms with Gasteiger partial charge in [-0.15, -0.1) is 5.75 Å². The van der Waals surface area contributed by atoms with Gasteiger partial charge < -0.3 is 9.84 Å². The summed E-state index contributed by atoms with van der Waals surface area (Å²) in [5.41, 5.74) is 0.862.